The Labute approximate surface area is 156 Å². The van der Waals surface area contributed by atoms with Crippen LogP contribution in [0.4, 0.5) is 5.69 Å². The summed E-state index contributed by atoms with van der Waals surface area (Å²) in [5, 5.41) is 3.38. The number of nitrogens with zero attached hydrogens (tertiary/aromatic N) is 1. The van der Waals surface area contributed by atoms with Gasteiger partial charge in [-0.25, -0.2) is 4.79 Å². The molecule has 0 saturated heterocycles. The Morgan fingerprint density at radius 2 is 1.89 bits per heavy atom. The number of hydrogen-bond donors (Lipinski definition) is 1. The molecule has 27 heavy (non-hydrogen) atoms. The van der Waals surface area contributed by atoms with Gasteiger partial charge in [0.25, 0.3) is 5.91 Å². The normalized spacial score (nSPS) is 15.8. The minimum Gasteiger partial charge on any atom is -0.467 e. The van der Waals surface area contributed by atoms with E-state index in [1.165, 1.54) is 7.11 Å². The summed E-state index contributed by atoms with van der Waals surface area (Å²) in [5.41, 5.74) is 2.38. The van der Waals surface area contributed by atoms with Crippen LogP contribution in [0.3, 0.4) is 0 Å². The number of fused-ring (bicyclic) bond motifs is 1. The number of benzene rings is 2. The van der Waals surface area contributed by atoms with Gasteiger partial charge in [0.2, 0.25) is 0 Å². The molecule has 1 N–H and O–H groups in total. The number of methoxy groups -OCH3 is 1. The van der Waals surface area contributed by atoms with Gasteiger partial charge in [-0.1, -0.05) is 30.3 Å². The lowest BCUT2D eigenvalue weighted by atomic mass is 9.99. The summed E-state index contributed by atoms with van der Waals surface area (Å²) in [5.74, 6) is 0.0761. The number of nitrogens with one attached hydrogen (secondary N) is 1. The predicted molar refractivity (Wildman–Crippen MR) is 99.2 cm³/mol. The van der Waals surface area contributed by atoms with Crippen LogP contribution in [0, 0.1) is 0 Å². The minimum absolute atomic E-state index is 0.134. The molecule has 0 saturated carbocycles. The van der Waals surface area contributed by atoms with Crippen molar-refractivity contribution in [3.05, 3.63) is 89.4 Å². The monoisotopic (exact) mass is 362 g/mol. The second kappa shape index (κ2) is 6.99. The quantitative estimate of drug-likeness (QED) is 0.714. The highest BCUT2D eigenvalue weighted by molar-refractivity contribution is 6.02. The van der Waals surface area contributed by atoms with Crippen molar-refractivity contribution in [3.8, 4) is 0 Å². The molecular weight excluding hydrogens is 344 g/mol. The molecule has 0 radical (unpaired) electrons. The summed E-state index contributed by atoms with van der Waals surface area (Å²) in [7, 11) is 1.34. The Bertz CT molecular complexity index is 981. The van der Waals surface area contributed by atoms with Gasteiger partial charge in [0.15, 0.2) is 0 Å². The van der Waals surface area contributed by atoms with Crippen molar-refractivity contribution in [1.82, 2.24) is 4.90 Å². The number of furan rings is 1. The first-order chi connectivity index (χ1) is 13.2. The van der Waals surface area contributed by atoms with Crippen molar-refractivity contribution in [1.29, 1.82) is 0 Å². The van der Waals surface area contributed by atoms with E-state index in [2.05, 4.69) is 5.32 Å². The largest absolute Gasteiger partial charge is 0.467 e. The summed E-state index contributed by atoms with van der Waals surface area (Å²) in [4.78, 5) is 27.1. The van der Waals surface area contributed by atoms with Crippen molar-refractivity contribution in [2.45, 2.75) is 12.7 Å². The van der Waals surface area contributed by atoms with Crippen molar-refractivity contribution >= 4 is 17.6 Å². The molecule has 0 bridgehead atoms. The van der Waals surface area contributed by atoms with Crippen molar-refractivity contribution in [3.63, 3.8) is 0 Å². The lowest BCUT2D eigenvalue weighted by molar-refractivity contribution is 0.0581. The van der Waals surface area contributed by atoms with Crippen molar-refractivity contribution in [2.24, 2.45) is 0 Å². The van der Waals surface area contributed by atoms with Gasteiger partial charge in [-0.15, -0.1) is 0 Å². The molecule has 2 aromatic carbocycles. The Balaban J connectivity index is 1.82. The highest BCUT2D eigenvalue weighted by Crippen LogP contribution is 2.35. The Morgan fingerprint density at radius 3 is 2.67 bits per heavy atom. The molecule has 2 heterocycles. The van der Waals surface area contributed by atoms with E-state index in [1.807, 2.05) is 36.4 Å². The Kier molecular flexibility index (Phi) is 4.38. The first-order valence-corrected chi connectivity index (χ1v) is 8.55. The van der Waals surface area contributed by atoms with E-state index in [4.69, 9.17) is 9.15 Å². The maximum absolute atomic E-state index is 13.2. The summed E-state index contributed by atoms with van der Waals surface area (Å²) in [6.45, 7) is 0.271. The van der Waals surface area contributed by atoms with Crippen LogP contribution < -0.4 is 5.32 Å². The molecule has 1 atom stereocenters. The zero-order chi connectivity index (χ0) is 18.8. The molecule has 4 rings (SSSR count). The number of amides is 1. The number of anilines is 1. The van der Waals surface area contributed by atoms with E-state index in [1.54, 1.807) is 35.4 Å². The molecule has 136 valence electrons. The maximum Gasteiger partial charge on any atom is 0.338 e. The Morgan fingerprint density at radius 1 is 1.11 bits per heavy atom. The lowest BCUT2D eigenvalue weighted by Gasteiger charge is -2.38. The van der Waals surface area contributed by atoms with Gasteiger partial charge in [-0.2, -0.15) is 0 Å². The third-order valence-electron chi connectivity index (χ3n) is 4.59. The molecule has 1 aliphatic heterocycles. The molecule has 0 aliphatic carbocycles. The van der Waals surface area contributed by atoms with Gasteiger partial charge in [-0.05, 0) is 30.3 Å². The number of ether oxygens (including phenoxy) is 1. The molecule has 1 amide bonds. The molecule has 0 spiro atoms. The molecule has 3 aromatic rings. The fourth-order valence-corrected chi connectivity index (χ4v) is 3.30. The number of carbonyl (C=O) groups is 2. The van der Waals surface area contributed by atoms with Gasteiger partial charge < -0.3 is 19.4 Å². The van der Waals surface area contributed by atoms with Crippen LogP contribution in [-0.2, 0) is 11.3 Å². The van der Waals surface area contributed by atoms with E-state index in [0.717, 1.165) is 5.69 Å². The highest BCUT2D eigenvalue weighted by Gasteiger charge is 2.35. The van der Waals surface area contributed by atoms with Crippen LogP contribution in [0.5, 0.6) is 0 Å². The number of esters is 1. The zero-order valence-corrected chi connectivity index (χ0v) is 14.7. The fourth-order valence-electron chi connectivity index (χ4n) is 3.30. The summed E-state index contributed by atoms with van der Waals surface area (Å²) < 4.78 is 10.4. The van der Waals surface area contributed by atoms with Crippen molar-refractivity contribution in [2.75, 3.05) is 12.4 Å². The Hall–Kier alpha value is -3.54. The first-order valence-electron chi connectivity index (χ1n) is 8.55. The number of carbonyl (C=O) groups excluding carboxylic acids is 2. The molecule has 0 unspecified atom stereocenters. The van der Waals surface area contributed by atoms with Gasteiger partial charge in [0.1, 0.15) is 11.9 Å². The van der Waals surface area contributed by atoms with Crippen LogP contribution in [-0.4, -0.2) is 23.9 Å². The summed E-state index contributed by atoms with van der Waals surface area (Å²) >= 11 is 0. The van der Waals surface area contributed by atoms with E-state index in [0.29, 0.717) is 22.5 Å². The van der Waals surface area contributed by atoms with Crippen LogP contribution in [0.15, 0.2) is 71.3 Å². The van der Waals surface area contributed by atoms with Gasteiger partial charge in [-0.3, -0.25) is 4.79 Å². The number of hydrogen-bond acceptors (Lipinski definition) is 5. The minimum atomic E-state index is -0.534. The number of rotatable bonds is 4. The predicted octanol–water partition coefficient (Wildman–Crippen LogP) is 3.83. The average molecular weight is 362 g/mol. The van der Waals surface area contributed by atoms with E-state index >= 15 is 0 Å². The third-order valence-corrected chi connectivity index (χ3v) is 4.59. The van der Waals surface area contributed by atoms with E-state index in [9.17, 15) is 9.59 Å². The van der Waals surface area contributed by atoms with Gasteiger partial charge >= 0.3 is 5.97 Å². The van der Waals surface area contributed by atoms with Crippen LogP contribution in [0.2, 0.25) is 0 Å². The molecule has 6 heteroatoms. The molecule has 0 fully saturated rings. The SMILES string of the molecule is COC(=O)c1ccccc1[C@H]1Nc2ccccc2C(=O)N1Cc1ccco1. The molecule has 1 aromatic heterocycles. The number of para-hydroxylation sites is 1. The highest BCUT2D eigenvalue weighted by atomic mass is 16.5. The first kappa shape index (κ1) is 16.9. The van der Waals surface area contributed by atoms with E-state index < -0.39 is 12.1 Å². The van der Waals surface area contributed by atoms with Crippen LogP contribution in [0.25, 0.3) is 0 Å². The summed E-state index contributed by atoms with van der Waals surface area (Å²) in [6, 6.07) is 18.0. The van der Waals surface area contributed by atoms with E-state index in [-0.39, 0.29) is 12.5 Å². The average Bonchev–Trinajstić information content (AvgIpc) is 3.22. The zero-order valence-electron chi connectivity index (χ0n) is 14.7. The topological polar surface area (TPSA) is 71.8 Å². The van der Waals surface area contributed by atoms with Crippen LogP contribution in [0.1, 0.15) is 38.2 Å². The summed E-state index contributed by atoms with van der Waals surface area (Å²) in [6.07, 6.45) is 1.04. The van der Waals surface area contributed by atoms with Gasteiger partial charge in [0, 0.05) is 11.3 Å². The second-order valence-electron chi connectivity index (χ2n) is 6.18. The van der Waals surface area contributed by atoms with Crippen LogP contribution >= 0.6 is 0 Å². The second-order valence-corrected chi connectivity index (χ2v) is 6.18. The third kappa shape index (κ3) is 3.06. The standard InChI is InChI=1S/C21H18N2O4/c1-26-21(25)16-9-3-2-8-15(16)19-22-18-11-5-4-10-17(18)20(24)23(19)13-14-7-6-12-27-14/h2-12,19,22H,13H2,1H3/t19-/m0/s1. The maximum atomic E-state index is 13.2. The lowest BCUT2D eigenvalue weighted by Crippen LogP contribution is -2.43. The molecule has 6 nitrogen and oxygen atoms in total. The molecular formula is C21H18N2O4. The molecule has 1 aliphatic rings. The van der Waals surface area contributed by atoms with Crippen molar-refractivity contribution < 1.29 is 18.7 Å². The fraction of sp³-hybridized carbons (Fsp3) is 0.143. The van der Waals surface area contributed by atoms with Gasteiger partial charge in [0.05, 0.1) is 31.0 Å². The smallest absolute Gasteiger partial charge is 0.338 e.